The summed E-state index contributed by atoms with van der Waals surface area (Å²) in [5, 5.41) is 0.551. The standard InChI is InChI=1S/C12H14N4OS/c13-9-3-1-8(2-4-9)5-6-18-12-15-10(14)7-11(17)16-12/h1-4,7H,5-6,13H2,(H3,14,15,16,17). The van der Waals surface area contributed by atoms with E-state index in [0.29, 0.717) is 5.16 Å². The van der Waals surface area contributed by atoms with Gasteiger partial charge < -0.3 is 16.5 Å². The highest BCUT2D eigenvalue weighted by atomic mass is 32.2. The summed E-state index contributed by atoms with van der Waals surface area (Å²) in [6.07, 6.45) is 0.878. The van der Waals surface area contributed by atoms with E-state index < -0.39 is 0 Å². The van der Waals surface area contributed by atoms with E-state index >= 15 is 0 Å². The van der Waals surface area contributed by atoms with E-state index in [2.05, 4.69) is 9.97 Å². The SMILES string of the molecule is Nc1ccc(CCSc2nc(N)cc(=O)[nH]2)cc1. The monoisotopic (exact) mass is 262 g/mol. The Morgan fingerprint density at radius 2 is 1.94 bits per heavy atom. The van der Waals surface area contributed by atoms with Crippen molar-refractivity contribution in [1.82, 2.24) is 9.97 Å². The van der Waals surface area contributed by atoms with Gasteiger partial charge in [0, 0.05) is 17.5 Å². The minimum Gasteiger partial charge on any atom is -0.399 e. The fraction of sp³-hybridized carbons (Fsp3) is 0.167. The molecule has 18 heavy (non-hydrogen) atoms. The van der Waals surface area contributed by atoms with Gasteiger partial charge in [0.25, 0.3) is 5.56 Å². The molecule has 94 valence electrons. The van der Waals surface area contributed by atoms with Crippen molar-refractivity contribution in [2.24, 2.45) is 0 Å². The number of hydrogen-bond acceptors (Lipinski definition) is 5. The van der Waals surface area contributed by atoms with E-state index in [9.17, 15) is 4.79 Å². The Bertz CT molecular complexity index is 579. The zero-order valence-electron chi connectivity index (χ0n) is 9.72. The summed E-state index contributed by atoms with van der Waals surface area (Å²) in [6, 6.07) is 9.00. The van der Waals surface area contributed by atoms with Gasteiger partial charge in [-0.15, -0.1) is 0 Å². The van der Waals surface area contributed by atoms with Gasteiger partial charge in [0.1, 0.15) is 5.82 Å². The molecule has 1 aromatic heterocycles. The predicted octanol–water partition coefficient (Wildman–Crippen LogP) is 1.27. The van der Waals surface area contributed by atoms with Crippen LogP contribution in [0.5, 0.6) is 0 Å². The molecule has 0 radical (unpaired) electrons. The molecule has 5 nitrogen and oxygen atoms in total. The lowest BCUT2D eigenvalue weighted by Gasteiger charge is -2.02. The Morgan fingerprint density at radius 1 is 1.22 bits per heavy atom. The number of anilines is 2. The van der Waals surface area contributed by atoms with Crippen LogP contribution in [0.15, 0.2) is 40.3 Å². The number of thioether (sulfide) groups is 1. The van der Waals surface area contributed by atoms with Crippen LogP contribution in [0.3, 0.4) is 0 Å². The number of hydrogen-bond donors (Lipinski definition) is 3. The Balaban J connectivity index is 1.92. The second kappa shape index (κ2) is 5.59. The lowest BCUT2D eigenvalue weighted by Crippen LogP contribution is -2.09. The molecular weight excluding hydrogens is 248 g/mol. The van der Waals surface area contributed by atoms with Gasteiger partial charge in [0.15, 0.2) is 5.16 Å². The molecule has 1 heterocycles. The lowest BCUT2D eigenvalue weighted by molar-refractivity contribution is 0.943. The first kappa shape index (κ1) is 12.5. The number of aromatic nitrogens is 2. The first-order chi connectivity index (χ1) is 8.63. The molecule has 0 saturated carbocycles. The van der Waals surface area contributed by atoms with E-state index in [1.54, 1.807) is 0 Å². The van der Waals surface area contributed by atoms with Gasteiger partial charge in [-0.05, 0) is 24.1 Å². The van der Waals surface area contributed by atoms with Crippen LogP contribution >= 0.6 is 11.8 Å². The molecule has 0 bridgehead atoms. The molecule has 1 aromatic carbocycles. The molecular formula is C12H14N4OS. The lowest BCUT2D eigenvalue weighted by atomic mass is 10.2. The first-order valence-electron chi connectivity index (χ1n) is 5.47. The normalized spacial score (nSPS) is 10.4. The Hall–Kier alpha value is -1.95. The van der Waals surface area contributed by atoms with Crippen LogP contribution in [0.4, 0.5) is 11.5 Å². The first-order valence-corrected chi connectivity index (χ1v) is 6.46. The summed E-state index contributed by atoms with van der Waals surface area (Å²) in [4.78, 5) is 17.9. The third-order valence-corrected chi connectivity index (χ3v) is 3.22. The maximum Gasteiger partial charge on any atom is 0.253 e. The van der Waals surface area contributed by atoms with Crippen molar-refractivity contribution in [3.8, 4) is 0 Å². The molecule has 2 rings (SSSR count). The summed E-state index contributed by atoms with van der Waals surface area (Å²) < 4.78 is 0. The zero-order valence-corrected chi connectivity index (χ0v) is 10.5. The molecule has 0 aliphatic carbocycles. The van der Waals surface area contributed by atoms with Crippen molar-refractivity contribution < 1.29 is 0 Å². The van der Waals surface area contributed by atoms with Gasteiger partial charge in [-0.1, -0.05) is 23.9 Å². The smallest absolute Gasteiger partial charge is 0.253 e. The maximum absolute atomic E-state index is 11.2. The quantitative estimate of drug-likeness (QED) is 0.438. The van der Waals surface area contributed by atoms with E-state index in [-0.39, 0.29) is 11.4 Å². The van der Waals surface area contributed by atoms with Gasteiger partial charge in [0.2, 0.25) is 0 Å². The second-order valence-corrected chi connectivity index (χ2v) is 4.90. The molecule has 0 spiro atoms. The van der Waals surface area contributed by atoms with E-state index in [1.165, 1.54) is 23.4 Å². The molecule has 0 fully saturated rings. The highest BCUT2D eigenvalue weighted by molar-refractivity contribution is 7.99. The minimum atomic E-state index is -0.225. The Labute approximate surface area is 109 Å². The molecule has 0 aliphatic heterocycles. The fourth-order valence-corrected chi connectivity index (χ4v) is 2.35. The number of aromatic amines is 1. The summed E-state index contributed by atoms with van der Waals surface area (Å²) in [7, 11) is 0. The zero-order chi connectivity index (χ0) is 13.0. The van der Waals surface area contributed by atoms with Crippen LogP contribution < -0.4 is 17.0 Å². The summed E-state index contributed by atoms with van der Waals surface area (Å²) in [6.45, 7) is 0. The van der Waals surface area contributed by atoms with Gasteiger partial charge >= 0.3 is 0 Å². The van der Waals surface area contributed by atoms with Crippen LogP contribution in [-0.4, -0.2) is 15.7 Å². The maximum atomic E-state index is 11.2. The summed E-state index contributed by atoms with van der Waals surface area (Å²) in [5.41, 5.74) is 12.8. The van der Waals surface area contributed by atoms with Gasteiger partial charge in [-0.25, -0.2) is 4.98 Å². The molecule has 6 heteroatoms. The van der Waals surface area contributed by atoms with E-state index in [0.717, 1.165) is 17.9 Å². The molecule has 0 saturated heterocycles. The highest BCUT2D eigenvalue weighted by Gasteiger charge is 2.00. The van der Waals surface area contributed by atoms with E-state index in [1.807, 2.05) is 24.3 Å². The van der Waals surface area contributed by atoms with Crippen molar-refractivity contribution in [3.05, 3.63) is 46.2 Å². The third-order valence-electron chi connectivity index (χ3n) is 2.35. The number of nitrogens with zero attached hydrogens (tertiary/aromatic N) is 1. The van der Waals surface area contributed by atoms with Crippen LogP contribution in [0, 0.1) is 0 Å². The third kappa shape index (κ3) is 3.53. The highest BCUT2D eigenvalue weighted by Crippen LogP contribution is 2.15. The van der Waals surface area contributed by atoms with Crippen molar-refractivity contribution in [3.63, 3.8) is 0 Å². The van der Waals surface area contributed by atoms with Crippen LogP contribution in [0.1, 0.15) is 5.56 Å². The van der Waals surface area contributed by atoms with Crippen molar-refractivity contribution in [2.75, 3.05) is 17.2 Å². The number of benzene rings is 1. The molecule has 5 N–H and O–H groups in total. The van der Waals surface area contributed by atoms with Crippen LogP contribution in [-0.2, 0) is 6.42 Å². The summed E-state index contributed by atoms with van der Waals surface area (Å²) in [5.74, 6) is 1.06. The van der Waals surface area contributed by atoms with Gasteiger partial charge in [0.05, 0.1) is 0 Å². The van der Waals surface area contributed by atoms with Gasteiger partial charge in [-0.2, -0.15) is 0 Å². The number of rotatable bonds is 4. The fourth-order valence-electron chi connectivity index (χ4n) is 1.47. The molecule has 0 aliphatic rings. The van der Waals surface area contributed by atoms with Gasteiger partial charge in [-0.3, -0.25) is 4.79 Å². The average Bonchev–Trinajstić information content (AvgIpc) is 2.30. The topological polar surface area (TPSA) is 97.8 Å². The largest absolute Gasteiger partial charge is 0.399 e. The number of nitrogens with two attached hydrogens (primary N) is 2. The molecule has 0 atom stereocenters. The Morgan fingerprint density at radius 3 is 2.61 bits per heavy atom. The van der Waals surface area contributed by atoms with Crippen molar-refractivity contribution in [2.45, 2.75) is 11.6 Å². The molecule has 2 aromatic rings. The van der Waals surface area contributed by atoms with Crippen molar-refractivity contribution in [1.29, 1.82) is 0 Å². The minimum absolute atomic E-state index is 0.225. The number of nitrogens with one attached hydrogen (secondary N) is 1. The van der Waals surface area contributed by atoms with Crippen LogP contribution in [0.25, 0.3) is 0 Å². The van der Waals surface area contributed by atoms with Crippen molar-refractivity contribution >= 4 is 23.3 Å². The molecule has 0 amide bonds. The second-order valence-electron chi connectivity index (χ2n) is 3.82. The predicted molar refractivity (Wildman–Crippen MR) is 74.6 cm³/mol. The molecule has 0 unspecified atom stereocenters. The van der Waals surface area contributed by atoms with E-state index in [4.69, 9.17) is 11.5 Å². The summed E-state index contributed by atoms with van der Waals surface area (Å²) >= 11 is 1.47. The van der Waals surface area contributed by atoms with Crippen LogP contribution in [0.2, 0.25) is 0 Å². The average molecular weight is 262 g/mol. The number of H-pyrrole nitrogens is 1. The number of aryl methyl sites for hydroxylation is 1. The number of nitrogen functional groups attached to an aromatic ring is 2. The Kier molecular flexibility index (Phi) is 3.88.